The van der Waals surface area contributed by atoms with Gasteiger partial charge in [0, 0.05) is 17.8 Å². The molecule has 1 aromatic rings. The highest BCUT2D eigenvalue weighted by atomic mass is 16.5. The van der Waals surface area contributed by atoms with Crippen LogP contribution in [0.4, 0.5) is 10.5 Å². The number of hydrogen-bond acceptors (Lipinski definition) is 5. The first-order valence-corrected chi connectivity index (χ1v) is 8.28. The Morgan fingerprint density at radius 2 is 1.72 bits per heavy atom. The molecule has 7 nitrogen and oxygen atoms in total. The van der Waals surface area contributed by atoms with E-state index in [0.717, 1.165) is 0 Å². The molecule has 0 spiro atoms. The molecule has 0 heterocycles. The zero-order valence-electron chi connectivity index (χ0n) is 15.4. The summed E-state index contributed by atoms with van der Waals surface area (Å²) in [4.78, 5) is 37.4. The van der Waals surface area contributed by atoms with Crippen molar-refractivity contribution >= 4 is 23.7 Å². The van der Waals surface area contributed by atoms with E-state index in [2.05, 4.69) is 5.32 Å². The van der Waals surface area contributed by atoms with E-state index >= 15 is 0 Å². The highest BCUT2D eigenvalue weighted by Crippen LogP contribution is 2.13. The standard InChI is InChI=1S/C18H26N2O5/c1-6-24-18(23)19-15-9-7-8-14(10-15)17(22)25-11-16(21)20(12(2)3)13(4)5/h7-10,12-13H,6,11H2,1-5H3,(H,19,23). The summed E-state index contributed by atoms with van der Waals surface area (Å²) in [5.41, 5.74) is 0.646. The predicted octanol–water partition coefficient (Wildman–Crippen LogP) is 3.06. The number of anilines is 1. The number of benzene rings is 1. The number of nitrogens with one attached hydrogen (secondary N) is 1. The maximum absolute atomic E-state index is 12.2. The van der Waals surface area contributed by atoms with Crippen molar-refractivity contribution < 1.29 is 23.9 Å². The lowest BCUT2D eigenvalue weighted by Crippen LogP contribution is -2.44. The second kappa shape index (κ2) is 9.66. The van der Waals surface area contributed by atoms with Gasteiger partial charge in [-0.25, -0.2) is 9.59 Å². The van der Waals surface area contributed by atoms with Gasteiger partial charge in [-0.2, -0.15) is 0 Å². The molecule has 0 radical (unpaired) electrons. The molecule has 0 aliphatic rings. The summed E-state index contributed by atoms with van der Waals surface area (Å²) < 4.78 is 9.88. The Kier molecular flexibility index (Phi) is 7.91. The first-order chi connectivity index (χ1) is 11.8. The van der Waals surface area contributed by atoms with Crippen molar-refractivity contribution in [3.63, 3.8) is 0 Å². The fourth-order valence-corrected chi connectivity index (χ4v) is 2.47. The predicted molar refractivity (Wildman–Crippen MR) is 94.5 cm³/mol. The fourth-order valence-electron chi connectivity index (χ4n) is 2.47. The minimum absolute atomic E-state index is 0.0170. The van der Waals surface area contributed by atoms with Crippen LogP contribution < -0.4 is 5.32 Å². The van der Waals surface area contributed by atoms with Gasteiger partial charge in [-0.05, 0) is 52.8 Å². The van der Waals surface area contributed by atoms with Crippen LogP contribution in [0.2, 0.25) is 0 Å². The van der Waals surface area contributed by atoms with Gasteiger partial charge in [0.2, 0.25) is 0 Å². The molecule has 2 amide bonds. The van der Waals surface area contributed by atoms with Crippen LogP contribution in [0.3, 0.4) is 0 Å². The maximum atomic E-state index is 12.2. The van der Waals surface area contributed by atoms with Gasteiger partial charge >= 0.3 is 12.1 Å². The van der Waals surface area contributed by atoms with E-state index in [1.165, 1.54) is 6.07 Å². The molecular weight excluding hydrogens is 324 g/mol. The molecule has 0 fully saturated rings. The Morgan fingerprint density at radius 3 is 2.28 bits per heavy atom. The largest absolute Gasteiger partial charge is 0.452 e. The van der Waals surface area contributed by atoms with Crippen LogP contribution in [-0.4, -0.2) is 48.2 Å². The summed E-state index contributed by atoms with van der Waals surface area (Å²) >= 11 is 0. The molecule has 0 aliphatic heterocycles. The third-order valence-electron chi connectivity index (χ3n) is 3.35. The summed E-state index contributed by atoms with van der Waals surface area (Å²) in [6.07, 6.45) is -0.604. The van der Waals surface area contributed by atoms with E-state index in [1.54, 1.807) is 30.0 Å². The van der Waals surface area contributed by atoms with Crippen LogP contribution in [0.15, 0.2) is 24.3 Å². The third kappa shape index (κ3) is 6.45. The zero-order valence-corrected chi connectivity index (χ0v) is 15.4. The van der Waals surface area contributed by atoms with Gasteiger partial charge in [0.25, 0.3) is 5.91 Å². The molecule has 1 rings (SSSR count). The number of amides is 2. The van der Waals surface area contributed by atoms with Crippen molar-refractivity contribution in [3.8, 4) is 0 Å². The number of rotatable bonds is 7. The quantitative estimate of drug-likeness (QED) is 0.764. The molecule has 7 heteroatoms. The number of ether oxygens (including phenoxy) is 2. The van der Waals surface area contributed by atoms with Gasteiger partial charge in [0.15, 0.2) is 6.61 Å². The number of carbonyl (C=O) groups is 3. The number of carbonyl (C=O) groups excluding carboxylic acids is 3. The summed E-state index contributed by atoms with van der Waals surface area (Å²) in [5, 5.41) is 2.51. The van der Waals surface area contributed by atoms with Crippen molar-refractivity contribution in [3.05, 3.63) is 29.8 Å². The SMILES string of the molecule is CCOC(=O)Nc1cccc(C(=O)OCC(=O)N(C(C)C)C(C)C)c1. The van der Waals surface area contributed by atoms with Gasteiger partial charge in [-0.3, -0.25) is 10.1 Å². The first kappa shape index (κ1) is 20.5. The number of hydrogen-bond donors (Lipinski definition) is 1. The van der Waals surface area contributed by atoms with Crippen molar-refractivity contribution in [2.45, 2.75) is 46.7 Å². The van der Waals surface area contributed by atoms with E-state index in [-0.39, 0.29) is 36.8 Å². The molecular formula is C18H26N2O5. The van der Waals surface area contributed by atoms with Crippen molar-refractivity contribution in [2.75, 3.05) is 18.5 Å². The molecule has 1 N–H and O–H groups in total. The van der Waals surface area contributed by atoms with Crippen LogP contribution in [0.25, 0.3) is 0 Å². The monoisotopic (exact) mass is 350 g/mol. The maximum Gasteiger partial charge on any atom is 0.411 e. The lowest BCUT2D eigenvalue weighted by molar-refractivity contribution is -0.138. The molecule has 0 bridgehead atoms. The molecule has 1 aromatic carbocycles. The Morgan fingerprint density at radius 1 is 1.08 bits per heavy atom. The molecule has 0 unspecified atom stereocenters. The van der Waals surface area contributed by atoms with Gasteiger partial charge in [-0.1, -0.05) is 6.07 Å². The number of nitrogens with zero attached hydrogens (tertiary/aromatic N) is 1. The van der Waals surface area contributed by atoms with Crippen molar-refractivity contribution in [2.24, 2.45) is 0 Å². The summed E-state index contributed by atoms with van der Waals surface area (Å²) in [6.45, 7) is 9.24. The molecule has 0 atom stereocenters. The van der Waals surface area contributed by atoms with Gasteiger partial charge in [0.05, 0.1) is 12.2 Å². The molecule has 138 valence electrons. The van der Waals surface area contributed by atoms with Crippen LogP contribution in [0.1, 0.15) is 45.0 Å². The lowest BCUT2D eigenvalue weighted by Gasteiger charge is -2.30. The highest BCUT2D eigenvalue weighted by molar-refractivity contribution is 5.93. The third-order valence-corrected chi connectivity index (χ3v) is 3.35. The zero-order chi connectivity index (χ0) is 19.0. The second-order valence-electron chi connectivity index (χ2n) is 5.99. The highest BCUT2D eigenvalue weighted by Gasteiger charge is 2.21. The van der Waals surface area contributed by atoms with E-state index in [1.807, 2.05) is 27.7 Å². The van der Waals surface area contributed by atoms with Crippen LogP contribution in [0, 0.1) is 0 Å². The fraction of sp³-hybridized carbons (Fsp3) is 0.500. The summed E-state index contributed by atoms with van der Waals surface area (Å²) in [6, 6.07) is 6.27. The Hall–Kier alpha value is -2.57. The van der Waals surface area contributed by atoms with Gasteiger partial charge in [-0.15, -0.1) is 0 Å². The second-order valence-corrected chi connectivity index (χ2v) is 5.99. The summed E-state index contributed by atoms with van der Waals surface area (Å²) in [7, 11) is 0. The van der Waals surface area contributed by atoms with E-state index in [0.29, 0.717) is 5.69 Å². The Labute approximate surface area is 148 Å². The normalized spacial score (nSPS) is 10.5. The van der Waals surface area contributed by atoms with E-state index in [9.17, 15) is 14.4 Å². The van der Waals surface area contributed by atoms with Crippen LogP contribution in [0.5, 0.6) is 0 Å². The molecule has 0 saturated carbocycles. The van der Waals surface area contributed by atoms with Crippen molar-refractivity contribution in [1.82, 2.24) is 4.90 Å². The molecule has 25 heavy (non-hydrogen) atoms. The van der Waals surface area contributed by atoms with Crippen molar-refractivity contribution in [1.29, 1.82) is 0 Å². The van der Waals surface area contributed by atoms with E-state index < -0.39 is 12.1 Å². The Bertz CT molecular complexity index is 605. The average Bonchev–Trinajstić information content (AvgIpc) is 2.52. The van der Waals surface area contributed by atoms with Gasteiger partial charge < -0.3 is 14.4 Å². The Balaban J connectivity index is 2.68. The topological polar surface area (TPSA) is 84.9 Å². The summed E-state index contributed by atoms with van der Waals surface area (Å²) in [5.74, 6) is -0.882. The lowest BCUT2D eigenvalue weighted by atomic mass is 10.2. The van der Waals surface area contributed by atoms with Gasteiger partial charge in [0.1, 0.15) is 0 Å². The molecule has 0 aromatic heterocycles. The van der Waals surface area contributed by atoms with E-state index in [4.69, 9.17) is 9.47 Å². The van der Waals surface area contributed by atoms with Crippen LogP contribution in [-0.2, 0) is 14.3 Å². The smallest absolute Gasteiger partial charge is 0.411 e. The minimum Gasteiger partial charge on any atom is -0.452 e. The number of esters is 1. The first-order valence-electron chi connectivity index (χ1n) is 8.28. The molecule has 0 aliphatic carbocycles. The average molecular weight is 350 g/mol. The minimum atomic E-state index is -0.631. The molecule has 0 saturated heterocycles. The van der Waals surface area contributed by atoms with Crippen LogP contribution >= 0.6 is 0 Å².